The summed E-state index contributed by atoms with van der Waals surface area (Å²) in [5, 5.41) is 3.38. The Bertz CT molecular complexity index is 1650. The second-order valence-electron chi connectivity index (χ2n) is 10.3. The third-order valence-corrected chi connectivity index (χ3v) is 9.36. The van der Waals surface area contributed by atoms with E-state index in [2.05, 4.69) is 21.2 Å². The van der Waals surface area contributed by atoms with Gasteiger partial charge in [0.2, 0.25) is 11.8 Å². The Balaban J connectivity index is 1.81. The molecular formula is C33H33BrClN3O4S. The molecular weight excluding hydrogens is 650 g/mol. The standard InChI is InChI=1S/C33H33BrClN3O4S/c1-24(2)36-33(40)31(20-25-12-5-3-6-13-25)37(22-26-14-9-10-19-30(26)35)32(39)23-38(28-16-11-15-27(34)21-28)43(41,42)29-17-7-4-8-18-29/h3-19,21,24,31H,20,22-23H2,1-2H3,(H,36,40)/t31-/m1/s1. The van der Waals surface area contributed by atoms with Gasteiger partial charge in [-0.3, -0.25) is 13.9 Å². The maximum atomic E-state index is 14.4. The molecule has 1 N–H and O–H groups in total. The Morgan fingerprint density at radius 3 is 2.12 bits per heavy atom. The molecule has 0 bridgehead atoms. The van der Waals surface area contributed by atoms with Gasteiger partial charge >= 0.3 is 0 Å². The Morgan fingerprint density at radius 1 is 0.860 bits per heavy atom. The number of anilines is 1. The van der Waals surface area contributed by atoms with Crippen LogP contribution in [0.3, 0.4) is 0 Å². The number of halogens is 2. The highest BCUT2D eigenvalue weighted by molar-refractivity contribution is 9.10. The summed E-state index contributed by atoms with van der Waals surface area (Å²) in [5.74, 6) is -0.904. The topological polar surface area (TPSA) is 86.8 Å². The molecule has 43 heavy (non-hydrogen) atoms. The second-order valence-corrected chi connectivity index (χ2v) is 13.5. The zero-order chi connectivity index (χ0) is 31.0. The van der Waals surface area contributed by atoms with Gasteiger partial charge in [0.1, 0.15) is 12.6 Å². The lowest BCUT2D eigenvalue weighted by Crippen LogP contribution is -2.54. The molecule has 0 aromatic heterocycles. The fourth-order valence-corrected chi connectivity index (χ4v) is 6.63. The van der Waals surface area contributed by atoms with Gasteiger partial charge in [0.15, 0.2) is 0 Å². The first-order valence-electron chi connectivity index (χ1n) is 13.8. The quantitative estimate of drug-likeness (QED) is 0.186. The summed E-state index contributed by atoms with van der Waals surface area (Å²) in [6.45, 7) is 3.15. The van der Waals surface area contributed by atoms with Crippen molar-refractivity contribution in [1.29, 1.82) is 0 Å². The molecule has 0 saturated heterocycles. The van der Waals surface area contributed by atoms with Gasteiger partial charge in [-0.05, 0) is 61.4 Å². The van der Waals surface area contributed by atoms with Crippen LogP contribution in [0, 0.1) is 0 Å². The van der Waals surface area contributed by atoms with Crippen molar-refractivity contribution in [1.82, 2.24) is 10.2 Å². The maximum absolute atomic E-state index is 14.4. The predicted octanol–water partition coefficient (Wildman–Crippen LogP) is 6.46. The van der Waals surface area contributed by atoms with E-state index >= 15 is 0 Å². The van der Waals surface area contributed by atoms with E-state index in [0.717, 1.165) is 9.87 Å². The van der Waals surface area contributed by atoms with E-state index < -0.39 is 28.5 Å². The molecule has 0 aliphatic rings. The number of hydrogen-bond donors (Lipinski definition) is 1. The average molecular weight is 683 g/mol. The molecule has 2 amide bonds. The van der Waals surface area contributed by atoms with Gasteiger partial charge in [-0.25, -0.2) is 8.42 Å². The van der Waals surface area contributed by atoms with Crippen LogP contribution in [0.2, 0.25) is 5.02 Å². The van der Waals surface area contributed by atoms with Crippen LogP contribution < -0.4 is 9.62 Å². The maximum Gasteiger partial charge on any atom is 0.264 e. The van der Waals surface area contributed by atoms with Crippen molar-refractivity contribution in [2.45, 2.75) is 43.8 Å². The van der Waals surface area contributed by atoms with E-state index in [1.807, 2.05) is 44.2 Å². The number of rotatable bonds is 12. The second kappa shape index (κ2) is 14.7. The number of nitrogens with zero attached hydrogens (tertiary/aromatic N) is 2. The van der Waals surface area contributed by atoms with Crippen LogP contribution in [-0.2, 0) is 32.6 Å². The minimum Gasteiger partial charge on any atom is -0.352 e. The van der Waals surface area contributed by atoms with E-state index in [4.69, 9.17) is 11.6 Å². The highest BCUT2D eigenvalue weighted by Gasteiger charge is 2.35. The van der Waals surface area contributed by atoms with E-state index in [1.165, 1.54) is 17.0 Å². The molecule has 4 aromatic carbocycles. The summed E-state index contributed by atoms with van der Waals surface area (Å²) in [5.41, 5.74) is 1.78. The third kappa shape index (κ3) is 8.46. The van der Waals surface area contributed by atoms with Crippen LogP contribution in [0.25, 0.3) is 0 Å². The van der Waals surface area contributed by atoms with Crippen molar-refractivity contribution in [2.75, 3.05) is 10.8 Å². The number of sulfonamides is 1. The Hall–Kier alpha value is -3.66. The summed E-state index contributed by atoms with van der Waals surface area (Å²) in [7, 11) is -4.17. The van der Waals surface area contributed by atoms with E-state index in [0.29, 0.717) is 20.7 Å². The molecule has 0 heterocycles. The largest absolute Gasteiger partial charge is 0.352 e. The summed E-state index contributed by atoms with van der Waals surface area (Å²) in [4.78, 5) is 29.6. The Labute approximate surface area is 266 Å². The lowest BCUT2D eigenvalue weighted by Gasteiger charge is -2.34. The number of nitrogens with one attached hydrogen (secondary N) is 1. The predicted molar refractivity (Wildman–Crippen MR) is 174 cm³/mol. The number of carbonyl (C=O) groups excluding carboxylic acids is 2. The molecule has 0 saturated carbocycles. The molecule has 0 aliphatic carbocycles. The number of benzene rings is 4. The van der Waals surface area contributed by atoms with Gasteiger partial charge < -0.3 is 10.2 Å². The highest BCUT2D eigenvalue weighted by atomic mass is 79.9. The van der Waals surface area contributed by atoms with Crippen molar-refractivity contribution in [2.24, 2.45) is 0 Å². The molecule has 4 rings (SSSR count). The van der Waals surface area contributed by atoms with Crippen molar-refractivity contribution < 1.29 is 18.0 Å². The molecule has 7 nitrogen and oxygen atoms in total. The number of amides is 2. The van der Waals surface area contributed by atoms with Crippen LogP contribution in [0.4, 0.5) is 5.69 Å². The normalized spacial score (nSPS) is 12.0. The summed E-state index contributed by atoms with van der Waals surface area (Å²) < 4.78 is 29.7. The number of hydrogen-bond acceptors (Lipinski definition) is 4. The van der Waals surface area contributed by atoms with Gasteiger partial charge in [0.25, 0.3) is 10.0 Å². The molecule has 1 atom stereocenters. The molecule has 0 unspecified atom stereocenters. The van der Waals surface area contributed by atoms with E-state index in [1.54, 1.807) is 66.7 Å². The van der Waals surface area contributed by atoms with Gasteiger partial charge in [-0.1, -0.05) is 100 Å². The van der Waals surface area contributed by atoms with Crippen LogP contribution in [0.15, 0.2) is 119 Å². The lowest BCUT2D eigenvalue weighted by molar-refractivity contribution is -0.140. The van der Waals surface area contributed by atoms with Crippen LogP contribution in [0.5, 0.6) is 0 Å². The average Bonchev–Trinajstić information content (AvgIpc) is 2.99. The summed E-state index contributed by atoms with van der Waals surface area (Å²) in [6, 6.07) is 30.1. The number of carbonyl (C=O) groups is 2. The molecule has 10 heteroatoms. The minimum absolute atomic E-state index is 0.000763. The summed E-state index contributed by atoms with van der Waals surface area (Å²) in [6.07, 6.45) is 0.220. The zero-order valence-corrected chi connectivity index (χ0v) is 27.0. The van der Waals surface area contributed by atoms with Crippen molar-refractivity contribution >= 4 is 55.1 Å². The van der Waals surface area contributed by atoms with Gasteiger partial charge in [0.05, 0.1) is 10.6 Å². The fraction of sp³-hybridized carbons (Fsp3) is 0.212. The SMILES string of the molecule is CC(C)NC(=O)[C@@H](Cc1ccccc1)N(Cc1ccccc1Cl)C(=O)CN(c1cccc(Br)c1)S(=O)(=O)c1ccccc1. The van der Waals surface area contributed by atoms with Crippen molar-refractivity contribution in [3.05, 3.63) is 130 Å². The van der Waals surface area contributed by atoms with E-state index in [9.17, 15) is 18.0 Å². The lowest BCUT2D eigenvalue weighted by atomic mass is 10.0. The van der Waals surface area contributed by atoms with Crippen LogP contribution in [-0.4, -0.2) is 43.8 Å². The molecule has 4 aromatic rings. The van der Waals surface area contributed by atoms with Crippen molar-refractivity contribution in [3.8, 4) is 0 Å². The molecule has 0 spiro atoms. The highest BCUT2D eigenvalue weighted by Crippen LogP contribution is 2.28. The van der Waals surface area contributed by atoms with Gasteiger partial charge in [0, 0.05) is 28.5 Å². The fourth-order valence-electron chi connectivity index (χ4n) is 4.62. The first-order valence-corrected chi connectivity index (χ1v) is 16.4. The monoisotopic (exact) mass is 681 g/mol. The molecule has 224 valence electrons. The smallest absolute Gasteiger partial charge is 0.264 e. The molecule has 0 aliphatic heterocycles. The first-order chi connectivity index (χ1) is 20.6. The molecule has 0 fully saturated rings. The van der Waals surface area contributed by atoms with Gasteiger partial charge in [-0.15, -0.1) is 0 Å². The van der Waals surface area contributed by atoms with Crippen LogP contribution in [0.1, 0.15) is 25.0 Å². The zero-order valence-electron chi connectivity index (χ0n) is 23.9. The Kier molecular flexibility index (Phi) is 11.0. The minimum atomic E-state index is -4.17. The summed E-state index contributed by atoms with van der Waals surface area (Å²) >= 11 is 9.94. The van der Waals surface area contributed by atoms with Gasteiger partial charge in [-0.2, -0.15) is 0 Å². The Morgan fingerprint density at radius 2 is 1.49 bits per heavy atom. The van der Waals surface area contributed by atoms with Crippen molar-refractivity contribution in [3.63, 3.8) is 0 Å². The first kappa shape index (κ1) is 32.3. The third-order valence-electron chi connectivity index (χ3n) is 6.71. The molecule has 0 radical (unpaired) electrons. The van der Waals surface area contributed by atoms with Crippen LogP contribution >= 0.6 is 27.5 Å². The van der Waals surface area contributed by atoms with E-state index in [-0.39, 0.29) is 29.8 Å².